The summed E-state index contributed by atoms with van der Waals surface area (Å²) in [4.78, 5) is 21.6. The lowest BCUT2D eigenvalue weighted by molar-refractivity contribution is -0.131. The first-order valence-electron chi connectivity index (χ1n) is 10.4. The molecule has 0 aliphatic carbocycles. The van der Waals surface area contributed by atoms with Crippen molar-refractivity contribution in [2.24, 2.45) is 5.92 Å². The van der Waals surface area contributed by atoms with Gasteiger partial charge in [0.15, 0.2) is 0 Å². The van der Waals surface area contributed by atoms with Gasteiger partial charge < -0.3 is 9.80 Å². The number of anilines is 1. The molecule has 0 saturated carbocycles. The summed E-state index contributed by atoms with van der Waals surface area (Å²) in [5.41, 5.74) is 1.59. The Bertz CT molecular complexity index is 957. The van der Waals surface area contributed by atoms with Crippen molar-refractivity contribution in [3.63, 3.8) is 0 Å². The zero-order valence-corrected chi connectivity index (χ0v) is 17.9. The number of aromatic nitrogens is 1. The highest BCUT2D eigenvalue weighted by molar-refractivity contribution is 7.84. The van der Waals surface area contributed by atoms with Gasteiger partial charge in [0.25, 0.3) is 0 Å². The smallest absolute Gasteiger partial charge is 0.223 e. The Kier molecular flexibility index (Phi) is 6.14. The number of carbonyl (C=O) groups is 1. The molecule has 156 valence electrons. The first-order valence-corrected chi connectivity index (χ1v) is 11.8. The maximum Gasteiger partial charge on any atom is 0.223 e. The zero-order valence-electron chi connectivity index (χ0n) is 17.1. The minimum Gasteiger partial charge on any atom is -0.347 e. The second-order valence-electron chi connectivity index (χ2n) is 8.18. The molecule has 2 bridgehead atoms. The van der Waals surface area contributed by atoms with E-state index in [4.69, 9.17) is 5.26 Å². The van der Waals surface area contributed by atoms with Crippen LogP contribution in [0.1, 0.15) is 30.9 Å². The highest BCUT2D eigenvalue weighted by Gasteiger charge is 2.45. The molecule has 2 aliphatic rings. The van der Waals surface area contributed by atoms with Gasteiger partial charge in [-0.1, -0.05) is 37.3 Å². The van der Waals surface area contributed by atoms with Crippen LogP contribution in [0.2, 0.25) is 0 Å². The molecule has 1 aromatic carbocycles. The molecule has 0 N–H and O–H groups in total. The number of carbonyl (C=O) groups excluding carboxylic acids is 1. The minimum absolute atomic E-state index is 0.0907. The molecule has 4 rings (SSSR count). The molecule has 3 heterocycles. The number of fused-ring (bicyclic) bond motifs is 2. The van der Waals surface area contributed by atoms with Gasteiger partial charge in [-0.2, -0.15) is 5.26 Å². The lowest BCUT2D eigenvalue weighted by atomic mass is 10.0. The molecular formula is C23H26N4O2S. The summed E-state index contributed by atoms with van der Waals surface area (Å²) in [6, 6.07) is 16.0. The summed E-state index contributed by atoms with van der Waals surface area (Å²) in [6.45, 7) is 3.57. The molecule has 1 amide bonds. The van der Waals surface area contributed by atoms with E-state index in [1.54, 1.807) is 12.3 Å². The van der Waals surface area contributed by atoms with E-state index in [2.05, 4.69) is 22.9 Å². The van der Waals surface area contributed by atoms with E-state index in [1.807, 2.05) is 41.3 Å². The van der Waals surface area contributed by atoms with Gasteiger partial charge in [-0.25, -0.2) is 4.98 Å². The minimum atomic E-state index is -1.04. The maximum atomic E-state index is 12.8. The average Bonchev–Trinajstić information content (AvgIpc) is 2.96. The molecule has 2 saturated heterocycles. The van der Waals surface area contributed by atoms with E-state index in [9.17, 15) is 9.00 Å². The molecule has 0 spiro atoms. The number of likely N-dealkylation sites (tertiary alicyclic amines) is 1. The fraction of sp³-hybridized carbons (Fsp3) is 0.435. The lowest BCUT2D eigenvalue weighted by Crippen LogP contribution is -2.56. The van der Waals surface area contributed by atoms with Gasteiger partial charge in [0.05, 0.1) is 11.6 Å². The number of nitriles is 1. The fourth-order valence-electron chi connectivity index (χ4n) is 4.59. The van der Waals surface area contributed by atoms with E-state index >= 15 is 0 Å². The van der Waals surface area contributed by atoms with Gasteiger partial charge in [-0.3, -0.25) is 9.00 Å². The van der Waals surface area contributed by atoms with Crippen molar-refractivity contribution in [1.82, 2.24) is 9.88 Å². The van der Waals surface area contributed by atoms with Gasteiger partial charge in [0, 0.05) is 54.1 Å². The number of pyridine rings is 1. The maximum absolute atomic E-state index is 12.8. The fourth-order valence-corrected chi connectivity index (χ4v) is 5.70. The van der Waals surface area contributed by atoms with Gasteiger partial charge in [0.2, 0.25) is 5.91 Å². The van der Waals surface area contributed by atoms with Gasteiger partial charge in [0.1, 0.15) is 11.9 Å². The van der Waals surface area contributed by atoms with E-state index in [0.29, 0.717) is 42.5 Å². The monoisotopic (exact) mass is 422 g/mol. The predicted molar refractivity (Wildman–Crippen MR) is 117 cm³/mol. The summed E-state index contributed by atoms with van der Waals surface area (Å²) < 4.78 is 12.4. The normalized spacial score (nSPS) is 23.8. The van der Waals surface area contributed by atoms with Crippen molar-refractivity contribution in [3.05, 3.63) is 59.8 Å². The first-order chi connectivity index (χ1) is 14.5. The van der Waals surface area contributed by atoms with Crippen LogP contribution < -0.4 is 4.90 Å². The average molecular weight is 423 g/mol. The van der Waals surface area contributed by atoms with Crippen molar-refractivity contribution in [2.75, 3.05) is 23.7 Å². The third kappa shape index (κ3) is 4.39. The molecule has 2 aliphatic heterocycles. The lowest BCUT2D eigenvalue weighted by Gasteiger charge is -2.42. The van der Waals surface area contributed by atoms with Crippen LogP contribution in [-0.4, -0.2) is 50.9 Å². The Morgan fingerprint density at radius 1 is 1.23 bits per heavy atom. The molecule has 6 nitrogen and oxygen atoms in total. The van der Waals surface area contributed by atoms with Crippen molar-refractivity contribution in [1.29, 1.82) is 5.26 Å². The number of piperazine rings is 1. The quantitative estimate of drug-likeness (QED) is 0.715. The summed E-state index contributed by atoms with van der Waals surface area (Å²) in [5.74, 6) is 2.33. The third-order valence-corrected chi connectivity index (χ3v) is 7.41. The third-order valence-electron chi connectivity index (χ3n) is 6.10. The largest absolute Gasteiger partial charge is 0.347 e. The Morgan fingerprint density at radius 3 is 2.70 bits per heavy atom. The summed E-state index contributed by atoms with van der Waals surface area (Å²) >= 11 is 0. The molecule has 7 heteroatoms. The van der Waals surface area contributed by atoms with Crippen LogP contribution >= 0.6 is 0 Å². The number of nitrogens with zero attached hydrogens (tertiary/aromatic N) is 4. The molecule has 2 fully saturated rings. The van der Waals surface area contributed by atoms with Crippen molar-refractivity contribution in [2.45, 2.75) is 37.6 Å². The number of benzene rings is 1. The number of rotatable bonds is 6. The molecule has 1 aromatic heterocycles. The van der Waals surface area contributed by atoms with Crippen LogP contribution in [0.15, 0.2) is 48.7 Å². The highest BCUT2D eigenvalue weighted by atomic mass is 32.2. The standard InChI is InChI=1S/C23H26N4O2S/c1-17-11-20-14-26(15-21(17)27(20)22-8-7-19(12-24)13-25-22)23(28)9-10-30(29)16-18-5-3-2-4-6-18/h2-8,13,17,20-21H,9-11,14-16H2,1H3/t17-,20?,21?,30?/m0/s1. The molecule has 4 atom stereocenters. The molecule has 2 aromatic rings. The molecular weight excluding hydrogens is 396 g/mol. The zero-order chi connectivity index (χ0) is 21.1. The number of hydrogen-bond donors (Lipinski definition) is 0. The van der Waals surface area contributed by atoms with E-state index in [-0.39, 0.29) is 18.0 Å². The Labute approximate surface area is 180 Å². The van der Waals surface area contributed by atoms with Crippen LogP contribution in [0.4, 0.5) is 5.82 Å². The Balaban J connectivity index is 1.35. The second-order valence-corrected chi connectivity index (χ2v) is 9.76. The SMILES string of the molecule is C[C@H]1CC2CN(C(=O)CCS(=O)Cc3ccccc3)CC1N2c1ccc(C#N)cn1. The Morgan fingerprint density at radius 2 is 2.03 bits per heavy atom. The molecule has 3 unspecified atom stereocenters. The van der Waals surface area contributed by atoms with Crippen molar-refractivity contribution < 1.29 is 9.00 Å². The van der Waals surface area contributed by atoms with Gasteiger partial charge in [-0.15, -0.1) is 0 Å². The van der Waals surface area contributed by atoms with Gasteiger partial charge in [-0.05, 0) is 30.0 Å². The topological polar surface area (TPSA) is 77.3 Å². The van der Waals surface area contributed by atoms with Crippen LogP contribution in [0.25, 0.3) is 0 Å². The van der Waals surface area contributed by atoms with E-state index in [1.165, 1.54) is 0 Å². The van der Waals surface area contributed by atoms with Crippen LogP contribution in [0, 0.1) is 17.2 Å². The van der Waals surface area contributed by atoms with Crippen LogP contribution in [0.3, 0.4) is 0 Å². The Hall–Kier alpha value is -2.72. The number of amides is 1. The van der Waals surface area contributed by atoms with Crippen molar-refractivity contribution in [3.8, 4) is 6.07 Å². The number of hydrogen-bond acceptors (Lipinski definition) is 5. The van der Waals surface area contributed by atoms with Crippen molar-refractivity contribution >= 4 is 22.5 Å². The molecule has 30 heavy (non-hydrogen) atoms. The predicted octanol–water partition coefficient (Wildman–Crippen LogP) is 2.72. The second kappa shape index (κ2) is 8.97. The highest BCUT2D eigenvalue weighted by Crippen LogP contribution is 2.37. The van der Waals surface area contributed by atoms with Gasteiger partial charge >= 0.3 is 0 Å². The summed E-state index contributed by atoms with van der Waals surface area (Å²) in [5, 5.41) is 9.00. The van der Waals surface area contributed by atoms with E-state index in [0.717, 1.165) is 17.8 Å². The van der Waals surface area contributed by atoms with Crippen LogP contribution in [-0.2, 0) is 21.3 Å². The molecule has 0 radical (unpaired) electrons. The summed E-state index contributed by atoms with van der Waals surface area (Å²) in [7, 11) is -1.04. The van der Waals surface area contributed by atoms with Crippen LogP contribution in [0.5, 0.6) is 0 Å². The first kappa shape index (κ1) is 20.5. The van der Waals surface area contributed by atoms with E-state index < -0.39 is 10.8 Å². The summed E-state index contributed by atoms with van der Waals surface area (Å²) in [6.07, 6.45) is 2.96.